The Kier molecular flexibility index (Phi) is 6.90. The van der Waals surface area contributed by atoms with Gasteiger partial charge in [0.25, 0.3) is 0 Å². The molecule has 0 atom stereocenters. The van der Waals surface area contributed by atoms with Crippen molar-refractivity contribution in [3.8, 4) is 0 Å². The second kappa shape index (κ2) is 9.15. The Morgan fingerprint density at radius 3 is 2.62 bits per heavy atom. The molecular weight excluding hydrogens is 306 g/mol. The maximum absolute atomic E-state index is 12.0. The highest BCUT2D eigenvalue weighted by Crippen LogP contribution is 2.13. The van der Waals surface area contributed by atoms with E-state index in [1.807, 2.05) is 31.2 Å². The van der Waals surface area contributed by atoms with Crippen LogP contribution in [0.1, 0.15) is 31.7 Å². The number of amides is 2. The lowest BCUT2D eigenvalue weighted by molar-refractivity contribution is -0.121. The number of carbonyl (C=O) groups excluding carboxylic acids is 2. The maximum atomic E-state index is 12.0. The van der Waals surface area contributed by atoms with Crippen molar-refractivity contribution in [2.24, 2.45) is 0 Å². The number of piperidine rings is 1. The van der Waals surface area contributed by atoms with E-state index >= 15 is 0 Å². The zero-order chi connectivity index (χ0) is 17.4. The number of benzene rings is 1. The number of anilines is 1. The van der Waals surface area contributed by atoms with Crippen LogP contribution in [-0.4, -0.2) is 49.2 Å². The molecule has 0 spiro atoms. The summed E-state index contributed by atoms with van der Waals surface area (Å²) in [4.78, 5) is 25.4. The van der Waals surface area contributed by atoms with Crippen LogP contribution < -0.4 is 10.6 Å². The summed E-state index contributed by atoms with van der Waals surface area (Å²) in [5.74, 6) is 0.0469. The second-order valence-electron chi connectivity index (χ2n) is 6.02. The first-order valence-electron chi connectivity index (χ1n) is 8.60. The molecule has 1 aliphatic heterocycles. The van der Waals surface area contributed by atoms with E-state index in [0.717, 1.165) is 18.5 Å². The number of rotatable bonds is 6. The molecule has 2 amide bonds. The number of nitrogens with one attached hydrogen (secondary N) is 2. The van der Waals surface area contributed by atoms with E-state index in [9.17, 15) is 9.59 Å². The third-order valence-corrected chi connectivity index (χ3v) is 4.20. The summed E-state index contributed by atoms with van der Waals surface area (Å²) >= 11 is 0. The average molecular weight is 333 g/mol. The van der Waals surface area contributed by atoms with E-state index in [4.69, 9.17) is 4.74 Å². The normalized spacial score (nSPS) is 15.0. The van der Waals surface area contributed by atoms with E-state index in [-0.39, 0.29) is 18.0 Å². The van der Waals surface area contributed by atoms with Gasteiger partial charge in [0.05, 0.1) is 6.61 Å². The number of hydrogen-bond donors (Lipinski definition) is 2. The van der Waals surface area contributed by atoms with Gasteiger partial charge in [-0.15, -0.1) is 0 Å². The van der Waals surface area contributed by atoms with Gasteiger partial charge in [-0.1, -0.05) is 18.2 Å². The number of carbonyl (C=O) groups is 2. The van der Waals surface area contributed by atoms with Gasteiger partial charge in [-0.2, -0.15) is 0 Å². The predicted molar refractivity (Wildman–Crippen MR) is 94.0 cm³/mol. The Bertz CT molecular complexity index is 554. The van der Waals surface area contributed by atoms with Gasteiger partial charge in [0.2, 0.25) is 5.91 Å². The Labute approximate surface area is 143 Å². The van der Waals surface area contributed by atoms with E-state index in [1.54, 1.807) is 11.8 Å². The van der Waals surface area contributed by atoms with Crippen LogP contribution in [0.4, 0.5) is 10.5 Å². The lowest BCUT2D eigenvalue weighted by atomic mass is 10.1. The van der Waals surface area contributed by atoms with Crippen LogP contribution in [-0.2, 0) is 9.53 Å². The molecule has 2 N–H and O–H groups in total. The fourth-order valence-electron chi connectivity index (χ4n) is 2.80. The van der Waals surface area contributed by atoms with E-state index in [1.165, 1.54) is 5.56 Å². The first-order chi connectivity index (χ1) is 11.6. The first kappa shape index (κ1) is 18.1. The summed E-state index contributed by atoms with van der Waals surface area (Å²) in [7, 11) is 0. The van der Waals surface area contributed by atoms with Crippen LogP contribution >= 0.6 is 0 Å². The molecule has 0 bridgehead atoms. The Morgan fingerprint density at radius 1 is 1.25 bits per heavy atom. The summed E-state index contributed by atoms with van der Waals surface area (Å²) in [5, 5.41) is 6.34. The fourth-order valence-corrected chi connectivity index (χ4v) is 2.80. The van der Waals surface area contributed by atoms with Crippen LogP contribution in [0.2, 0.25) is 0 Å². The summed E-state index contributed by atoms with van der Waals surface area (Å²) in [6, 6.07) is 8.17. The molecule has 1 saturated heterocycles. The van der Waals surface area contributed by atoms with Crippen molar-refractivity contribution in [2.45, 2.75) is 39.2 Å². The van der Waals surface area contributed by atoms with Crippen LogP contribution in [0.15, 0.2) is 24.3 Å². The smallest absolute Gasteiger partial charge is 0.409 e. The van der Waals surface area contributed by atoms with E-state index < -0.39 is 0 Å². The summed E-state index contributed by atoms with van der Waals surface area (Å²) < 4.78 is 4.99. The summed E-state index contributed by atoms with van der Waals surface area (Å²) in [6.45, 7) is 6.10. The quantitative estimate of drug-likeness (QED) is 0.839. The van der Waals surface area contributed by atoms with E-state index in [2.05, 4.69) is 10.6 Å². The standard InChI is InChI=1S/C18H27N3O3/c1-3-24-18(23)21-12-9-15(10-13-21)20-17(22)8-11-19-16-7-5-4-6-14(16)2/h4-7,15,19H,3,8-13H2,1-2H3,(H,20,22). The van der Waals surface area contributed by atoms with Crippen molar-refractivity contribution in [3.05, 3.63) is 29.8 Å². The van der Waals surface area contributed by atoms with Gasteiger partial charge >= 0.3 is 6.09 Å². The van der Waals surface area contributed by atoms with Crippen molar-refractivity contribution in [2.75, 3.05) is 31.6 Å². The number of aryl methyl sites for hydroxylation is 1. The topological polar surface area (TPSA) is 70.7 Å². The molecule has 0 aromatic heterocycles. The predicted octanol–water partition coefficient (Wildman–Crippen LogP) is 2.53. The van der Waals surface area contributed by atoms with Gasteiger partial charge < -0.3 is 20.3 Å². The third-order valence-electron chi connectivity index (χ3n) is 4.20. The Hall–Kier alpha value is -2.24. The molecule has 1 heterocycles. The lowest BCUT2D eigenvalue weighted by Crippen LogP contribution is -2.46. The van der Waals surface area contributed by atoms with Gasteiger partial charge in [-0.05, 0) is 38.3 Å². The molecule has 24 heavy (non-hydrogen) atoms. The number of likely N-dealkylation sites (tertiary alicyclic amines) is 1. The average Bonchev–Trinajstić information content (AvgIpc) is 2.57. The minimum absolute atomic E-state index is 0.0469. The number of nitrogens with zero attached hydrogens (tertiary/aromatic N) is 1. The molecule has 0 saturated carbocycles. The van der Waals surface area contributed by atoms with Crippen molar-refractivity contribution in [1.82, 2.24) is 10.2 Å². The van der Waals surface area contributed by atoms with E-state index in [0.29, 0.717) is 32.7 Å². The monoisotopic (exact) mass is 333 g/mol. The number of hydrogen-bond acceptors (Lipinski definition) is 4. The van der Waals surface area contributed by atoms with Gasteiger partial charge in [-0.25, -0.2) is 4.79 Å². The highest BCUT2D eigenvalue weighted by atomic mass is 16.6. The molecule has 6 nitrogen and oxygen atoms in total. The Balaban J connectivity index is 1.65. The number of ether oxygens (including phenoxy) is 1. The third kappa shape index (κ3) is 5.44. The van der Waals surface area contributed by atoms with Crippen LogP contribution in [0.25, 0.3) is 0 Å². The fraction of sp³-hybridized carbons (Fsp3) is 0.556. The van der Waals surface area contributed by atoms with Crippen LogP contribution in [0, 0.1) is 6.92 Å². The number of para-hydroxylation sites is 1. The van der Waals surface area contributed by atoms with Gasteiger partial charge in [0, 0.05) is 37.8 Å². The highest BCUT2D eigenvalue weighted by molar-refractivity contribution is 5.77. The molecule has 1 aromatic rings. The Morgan fingerprint density at radius 2 is 1.96 bits per heavy atom. The minimum Gasteiger partial charge on any atom is -0.450 e. The summed E-state index contributed by atoms with van der Waals surface area (Å²) in [6.07, 6.45) is 1.72. The van der Waals surface area contributed by atoms with Gasteiger partial charge in [-0.3, -0.25) is 4.79 Å². The first-order valence-corrected chi connectivity index (χ1v) is 8.60. The molecule has 1 fully saturated rings. The second-order valence-corrected chi connectivity index (χ2v) is 6.02. The molecular formula is C18H27N3O3. The highest BCUT2D eigenvalue weighted by Gasteiger charge is 2.24. The van der Waals surface area contributed by atoms with Crippen LogP contribution in [0.3, 0.4) is 0 Å². The zero-order valence-electron chi connectivity index (χ0n) is 14.5. The van der Waals surface area contributed by atoms with Crippen LogP contribution in [0.5, 0.6) is 0 Å². The molecule has 6 heteroatoms. The van der Waals surface area contributed by atoms with Crippen molar-refractivity contribution in [1.29, 1.82) is 0 Å². The minimum atomic E-state index is -0.260. The molecule has 0 aliphatic carbocycles. The van der Waals surface area contributed by atoms with Gasteiger partial charge in [0.1, 0.15) is 0 Å². The lowest BCUT2D eigenvalue weighted by Gasteiger charge is -2.31. The van der Waals surface area contributed by atoms with Crippen molar-refractivity contribution in [3.63, 3.8) is 0 Å². The molecule has 2 rings (SSSR count). The summed E-state index contributed by atoms with van der Waals surface area (Å²) in [5.41, 5.74) is 2.23. The molecule has 0 unspecified atom stereocenters. The molecule has 1 aromatic carbocycles. The SMILES string of the molecule is CCOC(=O)N1CCC(NC(=O)CCNc2ccccc2C)CC1. The largest absolute Gasteiger partial charge is 0.450 e. The van der Waals surface area contributed by atoms with Gasteiger partial charge in [0.15, 0.2) is 0 Å². The van der Waals surface area contributed by atoms with Crippen molar-refractivity contribution < 1.29 is 14.3 Å². The maximum Gasteiger partial charge on any atom is 0.409 e. The zero-order valence-corrected chi connectivity index (χ0v) is 14.5. The molecule has 1 aliphatic rings. The molecule has 132 valence electrons. The van der Waals surface area contributed by atoms with Crippen molar-refractivity contribution >= 4 is 17.7 Å². The molecule has 0 radical (unpaired) electrons.